The van der Waals surface area contributed by atoms with Crippen LogP contribution in [0.5, 0.6) is 0 Å². The summed E-state index contributed by atoms with van der Waals surface area (Å²) in [5.41, 5.74) is 1.48. The molecule has 0 bridgehead atoms. The summed E-state index contributed by atoms with van der Waals surface area (Å²) in [6, 6.07) is 10.8. The van der Waals surface area contributed by atoms with Crippen LogP contribution in [0.25, 0.3) is 0 Å². The first-order valence-electron chi connectivity index (χ1n) is 5.79. The quantitative estimate of drug-likeness (QED) is 0.602. The van der Waals surface area contributed by atoms with Crippen LogP contribution in [0, 0.1) is 5.92 Å². The van der Waals surface area contributed by atoms with Crippen LogP contribution in [0.15, 0.2) is 30.3 Å². The molecule has 0 aliphatic heterocycles. The van der Waals surface area contributed by atoms with E-state index in [0.29, 0.717) is 4.59 Å². The Bertz CT molecular complexity index is 246. The van der Waals surface area contributed by atoms with Crippen molar-refractivity contribution in [2.75, 3.05) is 0 Å². The Labute approximate surface area is 106 Å². The van der Waals surface area contributed by atoms with Crippen LogP contribution in [0.4, 0.5) is 0 Å². The van der Waals surface area contributed by atoms with Crippen molar-refractivity contribution in [3.63, 3.8) is 0 Å². The Kier molecular flexibility index (Phi) is 6.08. The van der Waals surface area contributed by atoms with Gasteiger partial charge in [-0.25, -0.2) is 0 Å². The van der Waals surface area contributed by atoms with E-state index in [1.807, 2.05) is 0 Å². The Balaban J connectivity index is 2.46. The summed E-state index contributed by atoms with van der Waals surface area (Å²) in [6.45, 7) is 2.36. The topological polar surface area (TPSA) is 0 Å². The van der Waals surface area contributed by atoms with Gasteiger partial charge in [-0.15, -0.1) is 0 Å². The van der Waals surface area contributed by atoms with Crippen molar-refractivity contribution in [1.29, 1.82) is 0 Å². The summed E-state index contributed by atoms with van der Waals surface area (Å²) in [7, 11) is 0. The van der Waals surface area contributed by atoms with Crippen molar-refractivity contribution >= 4 is 35.4 Å². The summed E-state index contributed by atoms with van der Waals surface area (Å²) >= 11 is 4.60. The van der Waals surface area contributed by atoms with Gasteiger partial charge in [0, 0.05) is 0 Å². The molecule has 0 spiro atoms. The summed E-state index contributed by atoms with van der Waals surface area (Å²) in [4.78, 5) is 0. The van der Waals surface area contributed by atoms with Gasteiger partial charge in [0.05, 0.1) is 0 Å². The molecule has 1 aromatic rings. The van der Waals surface area contributed by atoms with E-state index in [0.717, 1.165) is 5.92 Å². The molecule has 0 aromatic heterocycles. The second-order valence-corrected chi connectivity index (χ2v) is 4.44. The monoisotopic (exact) mass is 174 g/mol. The fraction of sp³-hybridized carbons (Fsp3) is 0.500. The van der Waals surface area contributed by atoms with Gasteiger partial charge in [0.15, 0.2) is 0 Å². The zero-order valence-electron chi connectivity index (χ0n) is 9.66. The molecule has 14 heavy (non-hydrogen) atoms. The minimum absolute atomic E-state index is 0.706. The van der Waals surface area contributed by atoms with Crippen molar-refractivity contribution in [3.8, 4) is 0 Å². The molecule has 1 aromatic carbocycles. The molecule has 0 amide bonds. The van der Waals surface area contributed by atoms with Crippen LogP contribution in [-0.2, 0) is 0 Å². The minimum atomic E-state index is 0.706. The average Bonchev–Trinajstić information content (AvgIpc) is 2.19. The maximum absolute atomic E-state index is 2.36. The Morgan fingerprint density at radius 3 is 2.43 bits per heavy atom. The second kappa shape index (κ2) is 6.82. The summed E-state index contributed by atoms with van der Waals surface area (Å²) in [6.07, 6.45) is 2.68. The van der Waals surface area contributed by atoms with Crippen LogP contribution in [0.3, 0.4) is 0 Å². The van der Waals surface area contributed by atoms with Crippen LogP contribution < -0.4 is 0 Å². The number of rotatable bonds is 5. The predicted molar refractivity (Wildman–Crippen MR) is 63.9 cm³/mol. The molecular weight excluding hydrogens is 158 g/mol. The van der Waals surface area contributed by atoms with Crippen LogP contribution in [-0.4, -0.2) is 35.4 Å². The molecule has 0 aliphatic carbocycles. The molecule has 0 N–H and O–H groups in total. The zero-order chi connectivity index (χ0) is 10.4. The van der Waals surface area contributed by atoms with E-state index >= 15 is 0 Å². The molecule has 0 nitrogen and oxygen atoms in total. The van der Waals surface area contributed by atoms with Crippen molar-refractivity contribution in [2.24, 2.45) is 5.92 Å². The van der Waals surface area contributed by atoms with E-state index < -0.39 is 0 Å². The molecule has 0 radical (unpaired) electrons. The predicted octanol–water partition coefficient (Wildman–Crippen LogP) is 2.90. The van der Waals surface area contributed by atoms with Gasteiger partial charge in [-0.2, -0.15) is 0 Å². The first-order valence-corrected chi connectivity index (χ1v) is 5.79. The summed E-state index contributed by atoms with van der Waals surface area (Å²) in [5.74, 6) is 0.857. The molecule has 2 atom stereocenters. The first kappa shape index (κ1) is 12.5. The third-order valence-electron chi connectivity index (χ3n) is 2.91. The Hall–Kier alpha value is 0.415. The Morgan fingerprint density at radius 2 is 1.86 bits per heavy atom. The molecule has 0 saturated carbocycles. The number of benzene rings is 1. The Morgan fingerprint density at radius 1 is 1.21 bits per heavy atom. The van der Waals surface area contributed by atoms with E-state index in [-0.39, 0.29) is 0 Å². The van der Waals surface area contributed by atoms with Crippen LogP contribution in [0.2, 0.25) is 5.09 Å². The number of hydrogen-bond acceptors (Lipinski definition) is 0. The van der Waals surface area contributed by atoms with E-state index in [2.05, 4.69) is 72.7 Å². The van der Waals surface area contributed by atoms with Gasteiger partial charge >= 0.3 is 107 Å². The average molecular weight is 174 g/mol. The standard InChI is InChI=1S/C12H16.2Li/c1-3-11(2)9-10-12-7-5-4-6-8-12;;/h4-8,10-11H,1,3,9H2,2H3;;. The van der Waals surface area contributed by atoms with Gasteiger partial charge in [-0.05, 0) is 0 Å². The SMILES string of the molecule is [Li][CH2]CC(C)C[CH]([Li])c1ccccc1. The van der Waals surface area contributed by atoms with Gasteiger partial charge in [-0.3, -0.25) is 0 Å². The first-order chi connectivity index (χ1) is 6.74. The van der Waals surface area contributed by atoms with Crippen LogP contribution in [0.1, 0.15) is 29.9 Å². The summed E-state index contributed by atoms with van der Waals surface area (Å²) < 4.78 is 0.706. The third kappa shape index (κ3) is 4.29. The van der Waals surface area contributed by atoms with E-state index in [9.17, 15) is 0 Å². The van der Waals surface area contributed by atoms with E-state index in [1.165, 1.54) is 23.5 Å². The molecule has 0 fully saturated rings. The zero-order valence-corrected chi connectivity index (χ0v) is 9.66. The van der Waals surface area contributed by atoms with Crippen molar-refractivity contribution in [1.82, 2.24) is 0 Å². The van der Waals surface area contributed by atoms with Crippen molar-refractivity contribution < 1.29 is 0 Å². The van der Waals surface area contributed by atoms with Crippen molar-refractivity contribution in [3.05, 3.63) is 35.9 Å². The molecular formula is C12H16Li2. The molecule has 0 aliphatic rings. The van der Waals surface area contributed by atoms with Gasteiger partial charge < -0.3 is 0 Å². The van der Waals surface area contributed by atoms with Crippen molar-refractivity contribution in [2.45, 2.75) is 29.5 Å². The molecule has 2 heteroatoms. The maximum atomic E-state index is 2.36. The van der Waals surface area contributed by atoms with Gasteiger partial charge in [0.25, 0.3) is 0 Å². The number of hydrogen-bond donors (Lipinski definition) is 0. The summed E-state index contributed by atoms with van der Waals surface area (Å²) in [5, 5.41) is 1.31. The fourth-order valence-corrected chi connectivity index (χ4v) is 2.13. The molecule has 0 saturated heterocycles. The van der Waals surface area contributed by atoms with Gasteiger partial charge in [-0.1, -0.05) is 0 Å². The van der Waals surface area contributed by atoms with E-state index in [4.69, 9.17) is 0 Å². The van der Waals surface area contributed by atoms with Gasteiger partial charge in [0.1, 0.15) is 0 Å². The normalized spacial score (nSPS) is 15.2. The molecule has 66 valence electrons. The fourth-order valence-electron chi connectivity index (χ4n) is 2.13. The molecule has 0 heterocycles. The van der Waals surface area contributed by atoms with Gasteiger partial charge in [0.2, 0.25) is 0 Å². The van der Waals surface area contributed by atoms with E-state index in [1.54, 1.807) is 0 Å². The molecule has 1 rings (SSSR count). The second-order valence-electron chi connectivity index (χ2n) is 4.44. The van der Waals surface area contributed by atoms with Crippen LogP contribution >= 0.6 is 0 Å². The third-order valence-corrected chi connectivity index (χ3v) is 2.91. The molecule has 2 unspecified atom stereocenters.